The molecule has 0 bridgehead atoms. The van der Waals surface area contributed by atoms with Crippen molar-refractivity contribution in [3.8, 4) is 34.1 Å². The summed E-state index contributed by atoms with van der Waals surface area (Å²) in [5, 5.41) is 20.5. The number of aromatic hydroxyl groups is 1. The Morgan fingerprint density at radius 2 is 1.82 bits per heavy atom. The maximum absolute atomic E-state index is 14.9. The van der Waals surface area contributed by atoms with Crippen LogP contribution in [0.3, 0.4) is 0 Å². The molecule has 2 heterocycles. The minimum atomic E-state index is -0.828. The molecular formula is C29H25ClFIN4O4. The van der Waals surface area contributed by atoms with Crippen LogP contribution in [-0.4, -0.2) is 42.9 Å². The Morgan fingerprint density at radius 1 is 1.10 bits per heavy atom. The van der Waals surface area contributed by atoms with Crippen molar-refractivity contribution in [2.75, 3.05) is 13.2 Å². The molecule has 0 fully saturated rings. The summed E-state index contributed by atoms with van der Waals surface area (Å²) >= 11 is 8.56. The first-order valence-corrected chi connectivity index (χ1v) is 13.9. The number of aromatic nitrogens is 4. The smallest absolute Gasteiger partial charge is 0.329 e. The molecule has 5 rings (SSSR count). The van der Waals surface area contributed by atoms with Crippen molar-refractivity contribution >= 4 is 34.2 Å². The second kappa shape index (κ2) is 11.9. The number of rotatable bonds is 9. The number of aromatic amines is 2. The van der Waals surface area contributed by atoms with Gasteiger partial charge in [-0.3, -0.25) is 4.57 Å². The van der Waals surface area contributed by atoms with Crippen molar-refractivity contribution in [3.05, 3.63) is 109 Å². The summed E-state index contributed by atoms with van der Waals surface area (Å²) in [6, 6.07) is 20.2. The predicted molar refractivity (Wildman–Crippen MR) is 159 cm³/mol. The first kappa shape index (κ1) is 27.9. The number of halogens is 3. The summed E-state index contributed by atoms with van der Waals surface area (Å²) < 4.78 is 22.2. The second-order valence-electron chi connectivity index (χ2n) is 9.15. The molecule has 0 amide bonds. The predicted octanol–water partition coefficient (Wildman–Crippen LogP) is 6.10. The summed E-state index contributed by atoms with van der Waals surface area (Å²) in [6.07, 6.45) is 0. The Hall–Kier alpha value is -3.61. The van der Waals surface area contributed by atoms with Gasteiger partial charge in [-0.25, -0.2) is 14.2 Å². The molecule has 8 nitrogen and oxygen atoms in total. The lowest BCUT2D eigenvalue weighted by Crippen LogP contribution is -2.27. The molecular weight excluding hydrogens is 650 g/mol. The van der Waals surface area contributed by atoms with E-state index in [2.05, 4.69) is 15.0 Å². The van der Waals surface area contributed by atoms with Crippen LogP contribution in [-0.2, 0) is 0 Å². The summed E-state index contributed by atoms with van der Waals surface area (Å²) in [5.74, 6) is -0.314. The molecule has 0 aliphatic heterocycles. The van der Waals surface area contributed by atoms with Gasteiger partial charge in [0.05, 0.1) is 6.61 Å². The lowest BCUT2D eigenvalue weighted by molar-refractivity contribution is 0.201. The number of H-pyrrole nitrogens is 2. The highest BCUT2D eigenvalue weighted by Gasteiger charge is 2.32. The number of benzene rings is 3. The van der Waals surface area contributed by atoms with Gasteiger partial charge in [0, 0.05) is 20.6 Å². The molecule has 11 heteroatoms. The minimum Gasteiger partial charge on any atom is -0.493 e. The van der Waals surface area contributed by atoms with Crippen LogP contribution >= 0.6 is 34.2 Å². The number of nitrogens with one attached hydrogen (secondary N) is 2. The molecule has 206 valence electrons. The second-order valence-corrected chi connectivity index (χ2v) is 10.8. The molecule has 0 unspecified atom stereocenters. The lowest BCUT2D eigenvalue weighted by atomic mass is 9.92. The topological polar surface area (TPSA) is 116 Å². The third kappa shape index (κ3) is 5.51. The van der Waals surface area contributed by atoms with Crippen LogP contribution in [0.1, 0.15) is 30.3 Å². The molecule has 0 saturated heterocycles. The molecule has 4 N–H and O–H groups in total. The standard InChI is InChI=1S/C29H25ClFIN4O4/c1-16(17-5-3-2-4-6-17)25(27-33-24(26(30)35-27)21-12-9-19(32)15-22(21)31)36-28(38)23(34-29(36)39)18-7-10-20(11-8-18)40-14-13-37/h2-12,15-16,25,37-38H,13-14H2,1H3,(H,33,35)(H,34,39)/t16-,25-/m0/s1. The zero-order valence-corrected chi connectivity index (χ0v) is 24.1. The largest absolute Gasteiger partial charge is 0.493 e. The average Bonchev–Trinajstić information content (AvgIpc) is 3.47. The van der Waals surface area contributed by atoms with Gasteiger partial charge in [-0.2, -0.15) is 0 Å². The van der Waals surface area contributed by atoms with E-state index in [-0.39, 0.29) is 52.9 Å². The van der Waals surface area contributed by atoms with Crippen LogP contribution in [0.5, 0.6) is 11.6 Å². The Bertz CT molecular complexity index is 1680. The van der Waals surface area contributed by atoms with E-state index < -0.39 is 17.5 Å². The van der Waals surface area contributed by atoms with Gasteiger partial charge in [0.1, 0.15) is 46.6 Å². The number of ether oxygens (including phenoxy) is 1. The number of imidazole rings is 2. The van der Waals surface area contributed by atoms with Gasteiger partial charge in [-0.15, -0.1) is 0 Å². The van der Waals surface area contributed by atoms with Crippen LogP contribution in [0.25, 0.3) is 22.5 Å². The van der Waals surface area contributed by atoms with E-state index >= 15 is 0 Å². The van der Waals surface area contributed by atoms with E-state index in [1.54, 1.807) is 36.4 Å². The number of aliphatic hydroxyl groups excluding tert-OH is 1. The van der Waals surface area contributed by atoms with E-state index in [0.29, 0.717) is 11.3 Å². The van der Waals surface area contributed by atoms with E-state index in [9.17, 15) is 14.3 Å². The van der Waals surface area contributed by atoms with Crippen LogP contribution in [0.15, 0.2) is 77.6 Å². The highest BCUT2D eigenvalue weighted by molar-refractivity contribution is 14.1. The Labute approximate surface area is 247 Å². The zero-order chi connectivity index (χ0) is 28.4. The number of nitrogens with zero attached hydrogens (tertiary/aromatic N) is 2. The fraction of sp³-hybridized carbons (Fsp3) is 0.172. The van der Waals surface area contributed by atoms with E-state index in [4.69, 9.17) is 21.4 Å². The monoisotopic (exact) mass is 674 g/mol. The quantitative estimate of drug-likeness (QED) is 0.141. The molecule has 40 heavy (non-hydrogen) atoms. The molecule has 0 aliphatic rings. The van der Waals surface area contributed by atoms with Crippen molar-refractivity contribution in [2.45, 2.75) is 18.9 Å². The van der Waals surface area contributed by atoms with Gasteiger partial charge in [0.25, 0.3) is 0 Å². The van der Waals surface area contributed by atoms with Gasteiger partial charge in [-0.1, -0.05) is 48.9 Å². The van der Waals surface area contributed by atoms with Crippen molar-refractivity contribution in [2.24, 2.45) is 0 Å². The molecule has 0 spiro atoms. The summed E-state index contributed by atoms with van der Waals surface area (Å²) in [6.45, 7) is 1.94. The third-order valence-electron chi connectivity index (χ3n) is 6.63. The first-order chi connectivity index (χ1) is 19.3. The fourth-order valence-corrected chi connectivity index (χ4v) is 5.37. The van der Waals surface area contributed by atoms with Crippen molar-refractivity contribution in [1.82, 2.24) is 19.5 Å². The van der Waals surface area contributed by atoms with Crippen molar-refractivity contribution < 1.29 is 19.3 Å². The maximum Gasteiger partial charge on any atom is 0.329 e. The SMILES string of the molecule is C[C@@H](c1ccccc1)[C@@H](c1nc(-c2ccc(I)cc2F)c(Cl)[nH]1)n1c(O)c(-c2ccc(OCCO)cc2)[nH]c1=O. The molecule has 2 atom stereocenters. The van der Waals surface area contributed by atoms with Crippen molar-refractivity contribution in [1.29, 1.82) is 0 Å². The number of hydrogen-bond acceptors (Lipinski definition) is 5. The number of aliphatic hydroxyl groups is 1. The van der Waals surface area contributed by atoms with Gasteiger partial charge < -0.3 is 24.9 Å². The minimum absolute atomic E-state index is 0.113. The summed E-state index contributed by atoms with van der Waals surface area (Å²) in [5.41, 5.74) is 1.52. The Balaban J connectivity index is 1.62. The number of hydrogen-bond donors (Lipinski definition) is 4. The Kier molecular flexibility index (Phi) is 8.29. The first-order valence-electron chi connectivity index (χ1n) is 12.4. The van der Waals surface area contributed by atoms with Gasteiger partial charge >= 0.3 is 5.69 Å². The summed E-state index contributed by atoms with van der Waals surface area (Å²) in [4.78, 5) is 23.8. The highest BCUT2D eigenvalue weighted by atomic mass is 127. The fourth-order valence-electron chi connectivity index (χ4n) is 4.67. The lowest BCUT2D eigenvalue weighted by Gasteiger charge is -2.24. The Morgan fingerprint density at radius 3 is 2.50 bits per heavy atom. The highest BCUT2D eigenvalue weighted by Crippen LogP contribution is 2.40. The molecule has 0 aliphatic carbocycles. The third-order valence-corrected chi connectivity index (χ3v) is 7.57. The zero-order valence-electron chi connectivity index (χ0n) is 21.2. The van der Waals surface area contributed by atoms with Crippen molar-refractivity contribution in [3.63, 3.8) is 0 Å². The maximum atomic E-state index is 14.9. The van der Waals surface area contributed by atoms with E-state index in [0.717, 1.165) is 9.13 Å². The van der Waals surface area contributed by atoms with Crippen LogP contribution in [0.4, 0.5) is 4.39 Å². The molecule has 0 saturated carbocycles. The van der Waals surface area contributed by atoms with Crippen LogP contribution < -0.4 is 10.4 Å². The summed E-state index contributed by atoms with van der Waals surface area (Å²) in [7, 11) is 0. The van der Waals surface area contributed by atoms with Gasteiger partial charge in [0.2, 0.25) is 5.88 Å². The van der Waals surface area contributed by atoms with Crippen LogP contribution in [0, 0.1) is 9.39 Å². The molecule has 0 radical (unpaired) electrons. The van der Waals surface area contributed by atoms with Crippen LogP contribution in [0.2, 0.25) is 5.15 Å². The molecule has 3 aromatic carbocycles. The molecule has 2 aromatic heterocycles. The van der Waals surface area contributed by atoms with E-state index in [1.807, 2.05) is 59.8 Å². The van der Waals surface area contributed by atoms with E-state index in [1.165, 1.54) is 10.6 Å². The molecule has 5 aromatic rings. The van der Waals surface area contributed by atoms with Gasteiger partial charge in [0.15, 0.2) is 0 Å². The average molecular weight is 675 g/mol. The normalized spacial score (nSPS) is 12.8. The van der Waals surface area contributed by atoms with Gasteiger partial charge in [-0.05, 0) is 70.6 Å².